The van der Waals surface area contributed by atoms with Crippen LogP contribution in [0.25, 0.3) is 10.1 Å². The number of hydrogen-bond acceptors (Lipinski definition) is 6. The number of ether oxygens (including phenoxy) is 1. The van der Waals surface area contributed by atoms with E-state index in [1.807, 2.05) is 13.0 Å². The Labute approximate surface area is 136 Å². The first-order valence-corrected chi connectivity index (χ1v) is 7.61. The van der Waals surface area contributed by atoms with Gasteiger partial charge in [0.25, 0.3) is 5.91 Å². The van der Waals surface area contributed by atoms with Crippen molar-refractivity contribution in [2.45, 2.75) is 13.3 Å². The van der Waals surface area contributed by atoms with Crippen molar-refractivity contribution in [1.29, 1.82) is 0 Å². The van der Waals surface area contributed by atoms with Gasteiger partial charge in [-0.15, -0.1) is 11.3 Å². The van der Waals surface area contributed by atoms with Gasteiger partial charge in [-0.3, -0.25) is 4.79 Å². The van der Waals surface area contributed by atoms with Crippen LogP contribution in [-0.4, -0.2) is 36.4 Å². The van der Waals surface area contributed by atoms with Crippen LogP contribution in [0, 0.1) is 0 Å². The number of oxime groups is 1. The number of hydrogen-bond donors (Lipinski definition) is 2. The van der Waals surface area contributed by atoms with Crippen LogP contribution in [-0.2, 0) is 20.8 Å². The second-order valence-electron chi connectivity index (χ2n) is 4.55. The molecule has 1 aromatic heterocycles. The molecule has 0 radical (unpaired) electrons. The van der Waals surface area contributed by atoms with Crippen LogP contribution in [0.3, 0.4) is 0 Å². The van der Waals surface area contributed by atoms with Gasteiger partial charge in [0.2, 0.25) is 0 Å². The van der Waals surface area contributed by atoms with Crippen molar-refractivity contribution in [3.8, 4) is 5.75 Å². The summed E-state index contributed by atoms with van der Waals surface area (Å²) in [4.78, 5) is 28.1. The Bertz CT molecular complexity index is 782. The van der Waals surface area contributed by atoms with Crippen molar-refractivity contribution in [1.82, 2.24) is 0 Å². The fraction of sp³-hybridized carbons (Fsp3) is 0.267. The van der Waals surface area contributed by atoms with Crippen molar-refractivity contribution in [3.63, 3.8) is 0 Å². The number of fused-ring (bicyclic) bond motifs is 1. The van der Waals surface area contributed by atoms with Gasteiger partial charge < -0.3 is 20.4 Å². The van der Waals surface area contributed by atoms with E-state index in [1.54, 1.807) is 12.1 Å². The summed E-state index contributed by atoms with van der Waals surface area (Å²) in [6, 6.07) is 5.27. The van der Waals surface area contributed by atoms with Crippen LogP contribution in [0.1, 0.15) is 17.4 Å². The molecule has 0 fully saturated rings. The van der Waals surface area contributed by atoms with Gasteiger partial charge in [0.05, 0.1) is 0 Å². The molecule has 23 heavy (non-hydrogen) atoms. The maximum Gasteiger partial charge on any atom is 0.341 e. The number of primary amides is 1. The van der Waals surface area contributed by atoms with Gasteiger partial charge in [0.15, 0.2) is 12.3 Å². The summed E-state index contributed by atoms with van der Waals surface area (Å²) in [5.41, 5.74) is 5.94. The molecule has 3 N–H and O–H groups in total. The molecular weight excluding hydrogens is 320 g/mol. The summed E-state index contributed by atoms with van der Waals surface area (Å²) >= 11 is 1.47. The molecule has 0 aliphatic carbocycles. The van der Waals surface area contributed by atoms with Gasteiger partial charge >= 0.3 is 5.97 Å². The lowest BCUT2D eigenvalue weighted by atomic mass is 10.0. The summed E-state index contributed by atoms with van der Waals surface area (Å²) < 4.78 is 6.20. The third-order valence-electron chi connectivity index (χ3n) is 3.08. The van der Waals surface area contributed by atoms with Gasteiger partial charge in [-0.2, -0.15) is 0 Å². The number of aryl methyl sites for hydroxylation is 1. The summed E-state index contributed by atoms with van der Waals surface area (Å²) in [7, 11) is 1.32. The van der Waals surface area contributed by atoms with E-state index >= 15 is 0 Å². The van der Waals surface area contributed by atoms with Crippen molar-refractivity contribution in [3.05, 3.63) is 28.6 Å². The molecule has 8 heteroatoms. The highest BCUT2D eigenvalue weighted by molar-refractivity contribution is 7.19. The number of benzene rings is 1. The minimum atomic E-state index is -1.09. The molecule has 1 aromatic carbocycles. The van der Waals surface area contributed by atoms with E-state index in [9.17, 15) is 9.59 Å². The van der Waals surface area contributed by atoms with E-state index < -0.39 is 18.5 Å². The molecule has 0 atom stereocenters. The van der Waals surface area contributed by atoms with E-state index in [4.69, 9.17) is 20.4 Å². The van der Waals surface area contributed by atoms with E-state index in [1.165, 1.54) is 18.4 Å². The third-order valence-corrected chi connectivity index (χ3v) is 4.37. The molecule has 0 aliphatic rings. The SMILES string of the molecule is CCc1sc2cccc(OCC(=O)O)c2c1/C(=N/OC)C(N)=O. The van der Waals surface area contributed by atoms with Gasteiger partial charge in [-0.05, 0) is 18.6 Å². The summed E-state index contributed by atoms with van der Waals surface area (Å²) in [5.74, 6) is -1.45. The Morgan fingerprint density at radius 1 is 1.39 bits per heavy atom. The maximum atomic E-state index is 11.8. The Morgan fingerprint density at radius 3 is 2.70 bits per heavy atom. The maximum absolute atomic E-state index is 11.8. The molecule has 1 amide bonds. The number of carbonyl (C=O) groups is 2. The molecule has 2 aromatic rings. The first kappa shape index (κ1) is 16.8. The van der Waals surface area contributed by atoms with Gasteiger partial charge in [0, 0.05) is 20.5 Å². The predicted molar refractivity (Wildman–Crippen MR) is 87.1 cm³/mol. The molecule has 0 spiro atoms. The summed E-state index contributed by atoms with van der Waals surface area (Å²) in [6.07, 6.45) is 0.656. The Kier molecular flexibility index (Phi) is 5.17. The standard InChI is InChI=1S/C15H16N2O5S/c1-3-9-13(14(15(16)20)17-21-2)12-8(22-7-11(18)19)5-4-6-10(12)23-9/h4-6H,3,7H2,1-2H3,(H2,16,20)(H,18,19)/b17-14-. The smallest absolute Gasteiger partial charge is 0.341 e. The minimum Gasteiger partial charge on any atom is -0.481 e. The lowest BCUT2D eigenvalue weighted by molar-refractivity contribution is -0.139. The average Bonchev–Trinajstić information content (AvgIpc) is 2.89. The second kappa shape index (κ2) is 7.10. The largest absolute Gasteiger partial charge is 0.481 e. The van der Waals surface area contributed by atoms with E-state index in [0.717, 1.165) is 9.58 Å². The number of nitrogens with two attached hydrogens (primary N) is 1. The zero-order valence-corrected chi connectivity index (χ0v) is 13.5. The number of aliphatic carboxylic acids is 1. The van der Waals surface area contributed by atoms with Crippen LogP contribution < -0.4 is 10.5 Å². The predicted octanol–water partition coefficient (Wildman–Crippen LogP) is 1.76. The summed E-state index contributed by atoms with van der Waals surface area (Å²) in [6.45, 7) is 1.46. The fourth-order valence-electron chi connectivity index (χ4n) is 2.23. The zero-order chi connectivity index (χ0) is 17.0. The molecule has 0 unspecified atom stereocenters. The van der Waals surface area contributed by atoms with E-state index in [0.29, 0.717) is 23.1 Å². The molecule has 2 rings (SSSR count). The summed E-state index contributed by atoms with van der Waals surface area (Å²) in [5, 5.41) is 13.2. The molecule has 0 bridgehead atoms. The van der Waals surface area contributed by atoms with Crippen LogP contribution in [0.15, 0.2) is 23.4 Å². The molecule has 7 nitrogen and oxygen atoms in total. The van der Waals surface area contributed by atoms with Gasteiger partial charge in [-0.25, -0.2) is 4.79 Å². The lowest BCUT2D eigenvalue weighted by Gasteiger charge is -2.08. The number of carboxylic acids is 1. The third kappa shape index (κ3) is 3.42. The Morgan fingerprint density at radius 2 is 2.13 bits per heavy atom. The van der Waals surface area contributed by atoms with Gasteiger partial charge in [-0.1, -0.05) is 18.1 Å². The Hall–Kier alpha value is -2.61. The molecular formula is C15H16N2O5S. The molecule has 0 saturated heterocycles. The first-order chi connectivity index (χ1) is 11.0. The number of thiophene rings is 1. The van der Waals surface area contributed by atoms with Crippen LogP contribution in [0.2, 0.25) is 0 Å². The highest BCUT2D eigenvalue weighted by Gasteiger charge is 2.23. The number of amides is 1. The molecule has 1 heterocycles. The monoisotopic (exact) mass is 336 g/mol. The van der Waals surface area contributed by atoms with Crippen molar-refractivity contribution < 1.29 is 24.3 Å². The fourth-order valence-corrected chi connectivity index (χ4v) is 3.39. The van der Waals surface area contributed by atoms with Crippen LogP contribution in [0.4, 0.5) is 0 Å². The highest BCUT2D eigenvalue weighted by Crippen LogP contribution is 2.38. The molecule has 0 aliphatic heterocycles. The Balaban J connectivity index is 2.72. The van der Waals surface area contributed by atoms with Gasteiger partial charge in [0.1, 0.15) is 12.9 Å². The van der Waals surface area contributed by atoms with Crippen LogP contribution >= 0.6 is 11.3 Å². The lowest BCUT2D eigenvalue weighted by Crippen LogP contribution is -2.25. The molecule has 122 valence electrons. The first-order valence-electron chi connectivity index (χ1n) is 6.79. The van der Waals surface area contributed by atoms with Crippen molar-refractivity contribution in [2.75, 3.05) is 13.7 Å². The minimum absolute atomic E-state index is 0.0121. The number of carbonyl (C=O) groups excluding carboxylic acids is 1. The topological polar surface area (TPSA) is 111 Å². The highest BCUT2D eigenvalue weighted by atomic mass is 32.1. The average molecular weight is 336 g/mol. The number of nitrogens with zero attached hydrogens (tertiary/aromatic N) is 1. The quantitative estimate of drug-likeness (QED) is 0.591. The second-order valence-corrected chi connectivity index (χ2v) is 5.69. The van der Waals surface area contributed by atoms with E-state index in [2.05, 4.69) is 5.16 Å². The van der Waals surface area contributed by atoms with Crippen LogP contribution in [0.5, 0.6) is 5.75 Å². The van der Waals surface area contributed by atoms with Crippen molar-refractivity contribution >= 4 is 39.0 Å². The zero-order valence-electron chi connectivity index (χ0n) is 12.7. The number of rotatable bonds is 7. The normalized spacial score (nSPS) is 11.5. The van der Waals surface area contributed by atoms with Crippen molar-refractivity contribution in [2.24, 2.45) is 10.9 Å². The number of carboxylic acid groups (broad SMARTS) is 1. The van der Waals surface area contributed by atoms with E-state index in [-0.39, 0.29) is 5.71 Å². The molecule has 0 saturated carbocycles.